The van der Waals surface area contributed by atoms with E-state index in [9.17, 15) is 22.4 Å². The van der Waals surface area contributed by atoms with E-state index < -0.39 is 15.9 Å². The first-order valence-corrected chi connectivity index (χ1v) is 13.5. The van der Waals surface area contributed by atoms with Crippen LogP contribution in [0.15, 0.2) is 58.0 Å². The van der Waals surface area contributed by atoms with Crippen LogP contribution in [-0.4, -0.2) is 25.1 Å². The van der Waals surface area contributed by atoms with Crippen LogP contribution in [0.4, 0.5) is 4.39 Å². The summed E-state index contributed by atoms with van der Waals surface area (Å²) in [5.41, 5.74) is 2.05. The minimum atomic E-state index is -4.12. The molecule has 0 saturated carbocycles. The van der Waals surface area contributed by atoms with E-state index in [0.29, 0.717) is 19.4 Å². The Morgan fingerprint density at radius 1 is 1.29 bits per heavy atom. The van der Waals surface area contributed by atoms with Crippen molar-refractivity contribution in [3.05, 3.63) is 74.5 Å². The number of carbonyl (C=O) groups excluding carboxylic acids is 2. The molecule has 1 N–H and O–H groups in total. The van der Waals surface area contributed by atoms with Crippen molar-refractivity contribution in [1.29, 1.82) is 0 Å². The average molecular weight is 543 g/mol. The van der Waals surface area contributed by atoms with Crippen molar-refractivity contribution in [3.8, 4) is 0 Å². The molecule has 0 bridgehead atoms. The van der Waals surface area contributed by atoms with Crippen LogP contribution < -0.4 is 4.72 Å². The maximum absolute atomic E-state index is 13.3. The highest BCUT2D eigenvalue weighted by Crippen LogP contribution is 2.50. The number of amides is 2. The fraction of sp³-hybridized carbons (Fsp3) is 0.304. The van der Waals surface area contributed by atoms with Crippen molar-refractivity contribution < 1.29 is 22.4 Å². The zero-order valence-corrected chi connectivity index (χ0v) is 21.3. The fourth-order valence-corrected chi connectivity index (χ4v) is 7.30. The van der Waals surface area contributed by atoms with Gasteiger partial charge in [-0.25, -0.2) is 17.5 Å². The molecule has 1 aliphatic carbocycles. The number of halogens is 3. The zero-order valence-electron chi connectivity index (χ0n) is 18.1. The first-order chi connectivity index (χ1) is 16.0. The van der Waals surface area contributed by atoms with Gasteiger partial charge in [-0.05, 0) is 48.6 Å². The van der Waals surface area contributed by atoms with Gasteiger partial charge in [0.25, 0.3) is 15.9 Å². The summed E-state index contributed by atoms with van der Waals surface area (Å²) in [6.45, 7) is 2.31. The molecule has 1 fully saturated rings. The van der Waals surface area contributed by atoms with Crippen molar-refractivity contribution >= 4 is 56.4 Å². The summed E-state index contributed by atoms with van der Waals surface area (Å²) in [6.07, 6.45) is 5.38. The number of thiophene rings is 1. The fourth-order valence-electron chi connectivity index (χ4n) is 4.47. The lowest BCUT2D eigenvalue weighted by Gasteiger charge is -2.34. The molecule has 34 heavy (non-hydrogen) atoms. The molecule has 2 aromatic rings. The van der Waals surface area contributed by atoms with Crippen molar-refractivity contribution in [2.45, 2.75) is 43.4 Å². The predicted molar refractivity (Wildman–Crippen MR) is 129 cm³/mol. The SMILES string of the molecule is CC12CCCC(/C=C/C(=O)NS(=O)(=O)c3cc(Cl)c(Cl)s3)=C1N(Cc1ccc(F)cc1)C(=O)C2. The van der Waals surface area contributed by atoms with Gasteiger partial charge in [0, 0.05) is 23.6 Å². The minimum absolute atomic E-state index is 0.0342. The van der Waals surface area contributed by atoms with E-state index in [0.717, 1.165) is 47.1 Å². The summed E-state index contributed by atoms with van der Waals surface area (Å²) in [6, 6.07) is 7.16. The Morgan fingerprint density at radius 3 is 2.65 bits per heavy atom. The molecular formula is C23H21Cl2FN2O4S2. The van der Waals surface area contributed by atoms with E-state index in [1.54, 1.807) is 23.1 Å². The Morgan fingerprint density at radius 2 is 2.00 bits per heavy atom. The Labute approximate surface area is 211 Å². The molecule has 6 nitrogen and oxygen atoms in total. The molecule has 1 aromatic heterocycles. The third-order valence-electron chi connectivity index (χ3n) is 5.98. The van der Waals surface area contributed by atoms with E-state index >= 15 is 0 Å². The number of fused-ring (bicyclic) bond motifs is 1. The number of sulfonamides is 1. The second kappa shape index (κ2) is 9.45. The van der Waals surface area contributed by atoms with Crippen LogP contribution in [0.25, 0.3) is 0 Å². The van der Waals surface area contributed by atoms with Gasteiger partial charge in [0.1, 0.15) is 14.4 Å². The maximum atomic E-state index is 13.3. The van der Waals surface area contributed by atoms with Gasteiger partial charge in [-0.2, -0.15) is 0 Å². The van der Waals surface area contributed by atoms with Crippen molar-refractivity contribution in [3.63, 3.8) is 0 Å². The van der Waals surface area contributed by atoms with Crippen LogP contribution in [0.2, 0.25) is 9.36 Å². The van der Waals surface area contributed by atoms with Crippen LogP contribution in [0.3, 0.4) is 0 Å². The van der Waals surface area contributed by atoms with Gasteiger partial charge in [0.15, 0.2) is 0 Å². The van der Waals surface area contributed by atoms with E-state index in [1.807, 2.05) is 11.6 Å². The number of hydrogen-bond acceptors (Lipinski definition) is 5. The monoisotopic (exact) mass is 542 g/mol. The molecule has 2 aliphatic rings. The maximum Gasteiger partial charge on any atom is 0.273 e. The lowest BCUT2D eigenvalue weighted by Crippen LogP contribution is -2.29. The summed E-state index contributed by atoms with van der Waals surface area (Å²) in [7, 11) is -4.12. The minimum Gasteiger partial charge on any atom is -0.311 e. The third kappa shape index (κ3) is 5.07. The van der Waals surface area contributed by atoms with Crippen molar-refractivity contribution in [1.82, 2.24) is 9.62 Å². The summed E-state index contributed by atoms with van der Waals surface area (Å²) >= 11 is 12.4. The Balaban J connectivity index is 1.58. The summed E-state index contributed by atoms with van der Waals surface area (Å²) in [5.74, 6) is -1.21. The van der Waals surface area contributed by atoms with Gasteiger partial charge < -0.3 is 4.90 Å². The van der Waals surface area contributed by atoms with Gasteiger partial charge in [0.2, 0.25) is 5.91 Å². The van der Waals surface area contributed by atoms with Gasteiger partial charge in [0.05, 0.1) is 11.6 Å². The number of carbonyl (C=O) groups is 2. The van der Waals surface area contributed by atoms with Crippen molar-refractivity contribution in [2.24, 2.45) is 5.41 Å². The molecule has 180 valence electrons. The van der Waals surface area contributed by atoms with E-state index in [2.05, 4.69) is 0 Å². The van der Waals surface area contributed by atoms with Gasteiger partial charge in [-0.15, -0.1) is 11.3 Å². The molecule has 0 spiro atoms. The molecule has 0 radical (unpaired) electrons. The molecule has 1 aromatic carbocycles. The number of nitrogens with zero attached hydrogens (tertiary/aromatic N) is 1. The molecule has 1 atom stereocenters. The van der Waals surface area contributed by atoms with E-state index in [1.165, 1.54) is 18.2 Å². The Bertz CT molecular complexity index is 1300. The number of nitrogens with one attached hydrogen (secondary N) is 1. The van der Waals surface area contributed by atoms with Crippen LogP contribution in [0, 0.1) is 11.2 Å². The quantitative estimate of drug-likeness (QED) is 0.493. The molecule has 1 unspecified atom stereocenters. The number of rotatable bonds is 6. The van der Waals surface area contributed by atoms with Crippen LogP contribution in [-0.2, 0) is 26.2 Å². The predicted octanol–water partition coefficient (Wildman–Crippen LogP) is 5.43. The highest BCUT2D eigenvalue weighted by atomic mass is 35.5. The second-order valence-corrected chi connectivity index (χ2v) is 12.5. The standard InChI is InChI=1S/C23H21Cl2FN2O4S2/c1-23-10-2-3-15(6-9-18(29)27-34(31,32)20-11-17(24)22(25)33-20)21(23)28(19(30)12-23)13-14-4-7-16(26)8-5-14/h4-9,11H,2-3,10,12-13H2,1H3,(H,27,29)/b9-6+. The van der Waals surface area contributed by atoms with Crippen LogP contribution in [0.1, 0.15) is 38.2 Å². The topological polar surface area (TPSA) is 83.6 Å². The summed E-state index contributed by atoms with van der Waals surface area (Å²) in [4.78, 5) is 27.0. The van der Waals surface area contributed by atoms with E-state index in [-0.39, 0.29) is 30.7 Å². The Kier molecular flexibility index (Phi) is 6.92. The highest BCUT2D eigenvalue weighted by molar-refractivity contribution is 7.92. The van der Waals surface area contributed by atoms with E-state index in [4.69, 9.17) is 23.2 Å². The summed E-state index contributed by atoms with van der Waals surface area (Å²) in [5, 5.41) is 0.0932. The molecular weight excluding hydrogens is 522 g/mol. The smallest absolute Gasteiger partial charge is 0.273 e. The first kappa shape index (κ1) is 24.9. The average Bonchev–Trinajstić information content (AvgIpc) is 3.23. The van der Waals surface area contributed by atoms with Crippen LogP contribution in [0.5, 0.6) is 0 Å². The number of likely N-dealkylation sites (tertiary alicyclic amines) is 1. The molecule has 2 amide bonds. The zero-order chi connectivity index (χ0) is 24.7. The number of hydrogen-bond donors (Lipinski definition) is 1. The highest BCUT2D eigenvalue weighted by Gasteiger charge is 2.46. The van der Waals surface area contributed by atoms with Gasteiger partial charge in [-0.1, -0.05) is 48.3 Å². The largest absolute Gasteiger partial charge is 0.311 e. The van der Waals surface area contributed by atoms with Crippen molar-refractivity contribution in [2.75, 3.05) is 0 Å². The third-order valence-corrected chi connectivity index (χ3v) is 9.66. The lowest BCUT2D eigenvalue weighted by atomic mass is 9.74. The molecule has 4 rings (SSSR count). The van der Waals surface area contributed by atoms with Gasteiger partial charge >= 0.3 is 0 Å². The lowest BCUT2D eigenvalue weighted by molar-refractivity contribution is -0.127. The van der Waals surface area contributed by atoms with Crippen LogP contribution >= 0.6 is 34.5 Å². The van der Waals surface area contributed by atoms with Gasteiger partial charge in [-0.3, -0.25) is 9.59 Å². The summed E-state index contributed by atoms with van der Waals surface area (Å²) < 4.78 is 40.1. The normalized spacial score (nSPS) is 20.8. The molecule has 1 saturated heterocycles. The Hall–Kier alpha value is -2.20. The number of allylic oxidation sites excluding steroid dienone is 3. The molecule has 2 heterocycles. The number of benzene rings is 1. The second-order valence-electron chi connectivity index (χ2n) is 8.56. The first-order valence-electron chi connectivity index (χ1n) is 10.5. The molecule has 1 aliphatic heterocycles. The molecule has 11 heteroatoms.